The monoisotopic (exact) mass is 344 g/mol. The number of thiocarbonyl (C=S) groups is 1. The van der Waals surface area contributed by atoms with Gasteiger partial charge in [-0.25, -0.2) is 0 Å². The van der Waals surface area contributed by atoms with Crippen LogP contribution >= 0.6 is 23.8 Å². The number of nitrogens with one attached hydrogen (secondary N) is 1. The van der Waals surface area contributed by atoms with Gasteiger partial charge in [-0.05, 0) is 41.9 Å². The van der Waals surface area contributed by atoms with Crippen molar-refractivity contribution < 1.29 is 0 Å². The summed E-state index contributed by atoms with van der Waals surface area (Å²) < 4.78 is 0. The van der Waals surface area contributed by atoms with E-state index < -0.39 is 0 Å². The largest absolute Gasteiger partial charge is 0.375 e. The van der Waals surface area contributed by atoms with Crippen LogP contribution in [0.4, 0.5) is 5.69 Å². The lowest BCUT2D eigenvalue weighted by molar-refractivity contribution is 0.760. The van der Waals surface area contributed by atoms with Crippen LogP contribution in [0.1, 0.15) is 11.1 Å². The van der Waals surface area contributed by atoms with Gasteiger partial charge in [0.05, 0.1) is 6.04 Å². The van der Waals surface area contributed by atoms with Gasteiger partial charge in [-0.1, -0.05) is 48.0 Å². The van der Waals surface area contributed by atoms with Crippen molar-refractivity contribution in [1.29, 1.82) is 0 Å². The number of halogens is 1. The van der Waals surface area contributed by atoms with E-state index in [4.69, 9.17) is 29.6 Å². The fraction of sp³-hybridized carbons (Fsp3) is 0.176. The van der Waals surface area contributed by atoms with Gasteiger partial charge in [-0.3, -0.25) is 5.43 Å². The molecule has 0 fully saturated rings. The number of hydrogen-bond donors (Lipinski definition) is 2. The van der Waals surface area contributed by atoms with Gasteiger partial charge in [0.15, 0.2) is 5.11 Å². The molecule has 3 rings (SSSR count). The van der Waals surface area contributed by atoms with Crippen molar-refractivity contribution >= 4 is 40.8 Å². The number of anilines is 1. The average molecular weight is 345 g/mol. The molecule has 1 aliphatic heterocycles. The second-order valence-corrected chi connectivity index (χ2v) is 6.22. The lowest BCUT2D eigenvalue weighted by atomic mass is 10.1. The molecule has 1 aliphatic rings. The molecule has 4 nitrogen and oxygen atoms in total. The number of nitrogens with two attached hydrogens (primary N) is 1. The van der Waals surface area contributed by atoms with Crippen LogP contribution in [-0.2, 0) is 13.0 Å². The third kappa shape index (κ3) is 3.63. The molecule has 0 aliphatic carbocycles. The van der Waals surface area contributed by atoms with Gasteiger partial charge in [0.2, 0.25) is 0 Å². The van der Waals surface area contributed by atoms with Crippen molar-refractivity contribution in [2.75, 3.05) is 4.90 Å². The van der Waals surface area contributed by atoms with Crippen LogP contribution in [0.25, 0.3) is 0 Å². The summed E-state index contributed by atoms with van der Waals surface area (Å²) >= 11 is 11.1. The summed E-state index contributed by atoms with van der Waals surface area (Å²) in [4.78, 5) is 2.29. The van der Waals surface area contributed by atoms with Crippen LogP contribution in [0.15, 0.2) is 53.6 Å². The summed E-state index contributed by atoms with van der Waals surface area (Å²) in [6, 6.07) is 16.4. The minimum atomic E-state index is 0.130. The van der Waals surface area contributed by atoms with Crippen molar-refractivity contribution in [2.24, 2.45) is 10.8 Å². The molecule has 1 atom stereocenters. The van der Waals surface area contributed by atoms with Crippen LogP contribution in [-0.4, -0.2) is 17.4 Å². The normalized spacial score (nSPS) is 16.6. The molecular weight excluding hydrogens is 328 g/mol. The number of benzene rings is 2. The predicted octanol–water partition coefficient (Wildman–Crippen LogP) is 3.09. The summed E-state index contributed by atoms with van der Waals surface area (Å²) in [5, 5.41) is 5.07. The average Bonchev–Trinajstić information content (AvgIpc) is 2.87. The molecule has 2 aromatic rings. The Balaban J connectivity index is 1.87. The Morgan fingerprint density at radius 2 is 2.04 bits per heavy atom. The van der Waals surface area contributed by atoms with Crippen LogP contribution in [0.3, 0.4) is 0 Å². The van der Waals surface area contributed by atoms with E-state index in [-0.39, 0.29) is 11.2 Å². The Morgan fingerprint density at radius 3 is 2.83 bits per heavy atom. The smallest absolute Gasteiger partial charge is 0.184 e. The third-order valence-corrected chi connectivity index (χ3v) is 4.31. The van der Waals surface area contributed by atoms with Gasteiger partial charge in [-0.15, -0.1) is 0 Å². The van der Waals surface area contributed by atoms with Crippen molar-refractivity contribution in [2.45, 2.75) is 19.0 Å². The first-order valence-electron chi connectivity index (χ1n) is 7.32. The topological polar surface area (TPSA) is 53.6 Å². The van der Waals surface area contributed by atoms with Crippen LogP contribution in [0, 0.1) is 0 Å². The highest BCUT2D eigenvalue weighted by molar-refractivity contribution is 7.80. The van der Waals surface area contributed by atoms with Crippen molar-refractivity contribution in [3.63, 3.8) is 0 Å². The second kappa shape index (κ2) is 6.98. The van der Waals surface area contributed by atoms with Gasteiger partial charge in [0.1, 0.15) is 0 Å². The number of hydrazone groups is 1. The minimum Gasteiger partial charge on any atom is -0.375 e. The molecule has 0 spiro atoms. The predicted molar refractivity (Wildman–Crippen MR) is 100.0 cm³/mol. The molecule has 3 N–H and O–H groups in total. The molecule has 6 heteroatoms. The molecule has 0 bridgehead atoms. The Bertz CT molecular complexity index is 747. The summed E-state index contributed by atoms with van der Waals surface area (Å²) in [5.41, 5.74) is 11.6. The zero-order chi connectivity index (χ0) is 16.2. The Labute approximate surface area is 145 Å². The third-order valence-electron chi connectivity index (χ3n) is 3.85. The Kier molecular flexibility index (Phi) is 4.79. The molecular formula is C17H17ClN4S. The van der Waals surface area contributed by atoms with E-state index >= 15 is 0 Å². The van der Waals surface area contributed by atoms with E-state index in [0.29, 0.717) is 0 Å². The molecule has 0 amide bonds. The Morgan fingerprint density at radius 1 is 1.30 bits per heavy atom. The quantitative estimate of drug-likeness (QED) is 0.508. The maximum Gasteiger partial charge on any atom is 0.184 e. The van der Waals surface area contributed by atoms with E-state index in [2.05, 4.69) is 33.6 Å². The lowest BCUT2D eigenvalue weighted by Crippen LogP contribution is -2.34. The highest BCUT2D eigenvalue weighted by Crippen LogP contribution is 2.33. The van der Waals surface area contributed by atoms with E-state index in [0.717, 1.165) is 23.6 Å². The van der Waals surface area contributed by atoms with E-state index in [1.54, 1.807) is 0 Å². The number of hydrogen-bond acceptors (Lipinski definition) is 3. The summed E-state index contributed by atoms with van der Waals surface area (Å²) in [5.74, 6) is 0. The van der Waals surface area contributed by atoms with Crippen molar-refractivity contribution in [1.82, 2.24) is 5.43 Å². The summed E-state index contributed by atoms with van der Waals surface area (Å²) in [7, 11) is 0. The molecule has 0 radical (unpaired) electrons. The highest BCUT2D eigenvalue weighted by atomic mass is 35.5. The maximum atomic E-state index is 6.32. The maximum absolute atomic E-state index is 6.32. The first-order valence-corrected chi connectivity index (χ1v) is 8.10. The van der Waals surface area contributed by atoms with Gasteiger partial charge >= 0.3 is 0 Å². The fourth-order valence-electron chi connectivity index (χ4n) is 2.81. The number of rotatable bonds is 4. The second-order valence-electron chi connectivity index (χ2n) is 5.37. The molecule has 118 valence electrons. The lowest BCUT2D eigenvalue weighted by Gasteiger charge is -2.25. The molecule has 0 saturated heterocycles. The zero-order valence-electron chi connectivity index (χ0n) is 12.4. The standard InChI is InChI=1S/C17H17ClN4S/c18-15-7-3-1-6-13(15)11-22-14(10-20-21-17(19)23)9-12-5-2-4-8-16(12)22/h1-8,10,14H,9,11H2,(H3,19,21,23). The van der Waals surface area contributed by atoms with Crippen LogP contribution in [0.5, 0.6) is 0 Å². The first-order chi connectivity index (χ1) is 11.1. The van der Waals surface area contributed by atoms with E-state index in [1.807, 2.05) is 36.5 Å². The first kappa shape index (κ1) is 15.8. The van der Waals surface area contributed by atoms with Crippen molar-refractivity contribution in [3.8, 4) is 0 Å². The van der Waals surface area contributed by atoms with Crippen LogP contribution in [0.2, 0.25) is 5.02 Å². The molecule has 1 unspecified atom stereocenters. The summed E-state index contributed by atoms with van der Waals surface area (Å²) in [6.45, 7) is 0.723. The fourth-order valence-corrected chi connectivity index (χ4v) is 3.06. The van der Waals surface area contributed by atoms with E-state index in [1.165, 1.54) is 11.3 Å². The molecule has 0 aromatic heterocycles. The van der Waals surface area contributed by atoms with Gasteiger partial charge in [0.25, 0.3) is 0 Å². The molecule has 2 aromatic carbocycles. The van der Waals surface area contributed by atoms with Gasteiger partial charge < -0.3 is 10.6 Å². The number of fused-ring (bicyclic) bond motifs is 1. The molecule has 0 saturated carbocycles. The number of para-hydroxylation sites is 1. The van der Waals surface area contributed by atoms with Gasteiger partial charge in [-0.2, -0.15) is 5.10 Å². The summed E-state index contributed by atoms with van der Waals surface area (Å²) in [6.07, 6.45) is 2.74. The van der Waals surface area contributed by atoms with Crippen LogP contribution < -0.4 is 16.1 Å². The SMILES string of the molecule is NC(=S)NN=CC1Cc2ccccc2N1Cc1ccccc1Cl. The molecule has 1 heterocycles. The minimum absolute atomic E-state index is 0.130. The molecule has 23 heavy (non-hydrogen) atoms. The van der Waals surface area contributed by atoms with Gasteiger partial charge in [0, 0.05) is 23.5 Å². The highest BCUT2D eigenvalue weighted by Gasteiger charge is 2.28. The number of nitrogens with zero attached hydrogens (tertiary/aromatic N) is 2. The van der Waals surface area contributed by atoms with Crippen molar-refractivity contribution in [3.05, 3.63) is 64.7 Å². The zero-order valence-corrected chi connectivity index (χ0v) is 14.0. The van der Waals surface area contributed by atoms with E-state index in [9.17, 15) is 0 Å². The Hall–Kier alpha value is -2.11.